The third-order valence-corrected chi connectivity index (χ3v) is 6.31. The molecule has 0 aromatic heterocycles. The van der Waals surface area contributed by atoms with Gasteiger partial charge < -0.3 is 10.2 Å². The summed E-state index contributed by atoms with van der Waals surface area (Å²) in [6.45, 7) is 0.373. The van der Waals surface area contributed by atoms with Gasteiger partial charge in [0.2, 0.25) is 5.91 Å². The number of nitrogens with zero attached hydrogens (tertiary/aromatic N) is 2. The van der Waals surface area contributed by atoms with Crippen LogP contribution in [-0.4, -0.2) is 34.4 Å². The van der Waals surface area contributed by atoms with Gasteiger partial charge in [0, 0.05) is 12.2 Å². The molecular weight excluding hydrogens is 487 g/mol. The van der Waals surface area contributed by atoms with E-state index < -0.39 is 23.7 Å². The summed E-state index contributed by atoms with van der Waals surface area (Å²) in [5.41, 5.74) is 0.846. The average Bonchev–Trinajstić information content (AvgIpc) is 3.08. The van der Waals surface area contributed by atoms with Gasteiger partial charge in [0.15, 0.2) is 5.11 Å². The molecule has 1 aliphatic rings. The van der Waals surface area contributed by atoms with Crippen molar-refractivity contribution >= 4 is 40.5 Å². The molecule has 186 valence electrons. The van der Waals surface area contributed by atoms with Crippen LogP contribution in [0.4, 0.5) is 24.5 Å². The number of nitrogens with one attached hydrogen (secondary N) is 1. The molecule has 36 heavy (non-hydrogen) atoms. The minimum Gasteiger partial charge on any atom is -0.336 e. The first kappa shape index (κ1) is 25.4. The molecule has 1 heterocycles. The van der Waals surface area contributed by atoms with Crippen LogP contribution in [0.1, 0.15) is 24.0 Å². The van der Waals surface area contributed by atoms with Crippen LogP contribution >= 0.6 is 12.2 Å². The number of halogens is 3. The van der Waals surface area contributed by atoms with Crippen LogP contribution in [0.2, 0.25) is 0 Å². The Kier molecular flexibility index (Phi) is 7.69. The molecule has 0 saturated carbocycles. The van der Waals surface area contributed by atoms with E-state index in [0.29, 0.717) is 18.7 Å². The number of aryl methyl sites for hydroxylation is 1. The number of amides is 2. The molecule has 5 nitrogen and oxygen atoms in total. The average molecular weight is 512 g/mol. The molecule has 1 N–H and O–H groups in total. The van der Waals surface area contributed by atoms with Crippen molar-refractivity contribution in [2.45, 2.75) is 31.5 Å². The van der Waals surface area contributed by atoms with Gasteiger partial charge in [-0.2, -0.15) is 13.2 Å². The Bertz CT molecular complexity index is 1240. The molecule has 4 rings (SSSR count). The van der Waals surface area contributed by atoms with E-state index in [1.807, 2.05) is 36.4 Å². The van der Waals surface area contributed by atoms with E-state index in [1.165, 1.54) is 12.1 Å². The minimum absolute atomic E-state index is 0.0267. The Morgan fingerprint density at radius 2 is 1.61 bits per heavy atom. The van der Waals surface area contributed by atoms with E-state index in [4.69, 9.17) is 12.2 Å². The van der Waals surface area contributed by atoms with Crippen LogP contribution in [0.15, 0.2) is 84.9 Å². The number of thiocarbonyl (C=S) groups is 1. The van der Waals surface area contributed by atoms with Crippen molar-refractivity contribution in [1.82, 2.24) is 4.90 Å². The van der Waals surface area contributed by atoms with E-state index in [-0.39, 0.29) is 23.1 Å². The summed E-state index contributed by atoms with van der Waals surface area (Å²) in [6, 6.07) is 22.2. The third-order valence-electron chi connectivity index (χ3n) is 5.89. The fraction of sp³-hybridized carbons (Fsp3) is 0.222. The van der Waals surface area contributed by atoms with Gasteiger partial charge in [-0.05, 0) is 61.0 Å². The number of anilines is 2. The molecule has 9 heteroatoms. The van der Waals surface area contributed by atoms with Gasteiger partial charge in [-0.25, -0.2) is 0 Å². The summed E-state index contributed by atoms with van der Waals surface area (Å²) in [5.74, 6) is -0.913. The Balaban J connectivity index is 1.56. The normalized spacial score (nSPS) is 15.9. The molecule has 0 spiro atoms. The zero-order valence-electron chi connectivity index (χ0n) is 19.2. The first-order chi connectivity index (χ1) is 17.2. The molecule has 1 aliphatic heterocycles. The molecule has 2 amide bonds. The minimum atomic E-state index is -4.56. The number of para-hydroxylation sites is 1. The molecule has 0 bridgehead atoms. The number of hydrogen-bond donors (Lipinski definition) is 1. The van der Waals surface area contributed by atoms with Crippen molar-refractivity contribution in [2.75, 3.05) is 16.8 Å². The fourth-order valence-corrected chi connectivity index (χ4v) is 4.57. The van der Waals surface area contributed by atoms with Crippen LogP contribution in [0.3, 0.4) is 0 Å². The van der Waals surface area contributed by atoms with E-state index in [9.17, 15) is 22.8 Å². The lowest BCUT2D eigenvalue weighted by Crippen LogP contribution is -2.38. The third kappa shape index (κ3) is 5.91. The summed E-state index contributed by atoms with van der Waals surface area (Å²) >= 11 is 5.57. The molecule has 1 saturated heterocycles. The van der Waals surface area contributed by atoms with Gasteiger partial charge in [-0.15, -0.1) is 0 Å². The van der Waals surface area contributed by atoms with Gasteiger partial charge in [0.1, 0.15) is 6.04 Å². The first-order valence-electron chi connectivity index (χ1n) is 11.4. The van der Waals surface area contributed by atoms with Crippen molar-refractivity contribution in [2.24, 2.45) is 0 Å². The number of benzene rings is 3. The predicted octanol–water partition coefficient (Wildman–Crippen LogP) is 5.67. The van der Waals surface area contributed by atoms with Gasteiger partial charge in [0.05, 0.1) is 17.7 Å². The van der Waals surface area contributed by atoms with Crippen molar-refractivity contribution in [3.63, 3.8) is 0 Å². The summed E-state index contributed by atoms with van der Waals surface area (Å²) < 4.78 is 39.9. The van der Waals surface area contributed by atoms with Crippen LogP contribution in [0.25, 0.3) is 0 Å². The predicted molar refractivity (Wildman–Crippen MR) is 136 cm³/mol. The van der Waals surface area contributed by atoms with E-state index >= 15 is 0 Å². The second-order valence-corrected chi connectivity index (χ2v) is 8.79. The van der Waals surface area contributed by atoms with Crippen LogP contribution in [0, 0.1) is 0 Å². The summed E-state index contributed by atoms with van der Waals surface area (Å²) in [4.78, 5) is 29.0. The van der Waals surface area contributed by atoms with Crippen molar-refractivity contribution in [1.29, 1.82) is 0 Å². The lowest BCUT2D eigenvalue weighted by atomic mass is 10.1. The molecule has 0 aliphatic carbocycles. The quantitative estimate of drug-likeness (QED) is 0.396. The van der Waals surface area contributed by atoms with Crippen LogP contribution < -0.4 is 10.2 Å². The SMILES string of the molecule is O=C(CC1C(=O)N(c2cccc(C(F)(F)F)c2)C(=S)N1CCCc1ccccc1)Nc1ccccc1. The Morgan fingerprint density at radius 1 is 0.944 bits per heavy atom. The smallest absolute Gasteiger partial charge is 0.336 e. The van der Waals surface area contributed by atoms with Gasteiger partial charge in [0.25, 0.3) is 5.91 Å². The van der Waals surface area contributed by atoms with Gasteiger partial charge in [-0.1, -0.05) is 54.6 Å². The second kappa shape index (κ2) is 10.9. The standard InChI is InChI=1S/C27H24F3N3O2S/c28-27(29,30)20-12-7-15-22(17-20)33-25(35)23(18-24(34)31-21-13-5-2-6-14-21)32(26(33)36)16-8-11-19-9-3-1-4-10-19/h1-7,9-10,12-15,17,23H,8,11,16,18H2,(H,31,34). The van der Waals surface area contributed by atoms with E-state index in [0.717, 1.165) is 29.0 Å². The lowest BCUT2D eigenvalue weighted by Gasteiger charge is -2.24. The van der Waals surface area contributed by atoms with Gasteiger partial charge in [-0.3, -0.25) is 14.5 Å². The summed E-state index contributed by atoms with van der Waals surface area (Å²) in [7, 11) is 0. The number of carbonyl (C=O) groups is 2. The Morgan fingerprint density at radius 3 is 2.28 bits per heavy atom. The maximum Gasteiger partial charge on any atom is 0.416 e. The highest BCUT2D eigenvalue weighted by atomic mass is 32.1. The second-order valence-electron chi connectivity index (χ2n) is 8.42. The molecule has 1 atom stereocenters. The van der Waals surface area contributed by atoms with E-state index in [1.54, 1.807) is 29.2 Å². The van der Waals surface area contributed by atoms with Crippen molar-refractivity contribution in [3.05, 3.63) is 96.1 Å². The highest BCUT2D eigenvalue weighted by molar-refractivity contribution is 7.80. The maximum atomic E-state index is 13.4. The zero-order valence-corrected chi connectivity index (χ0v) is 20.1. The molecule has 1 fully saturated rings. The maximum absolute atomic E-state index is 13.4. The topological polar surface area (TPSA) is 52.7 Å². The lowest BCUT2D eigenvalue weighted by molar-refractivity contribution is -0.137. The molecule has 1 unspecified atom stereocenters. The van der Waals surface area contributed by atoms with E-state index in [2.05, 4.69) is 5.32 Å². The number of rotatable bonds is 8. The highest BCUT2D eigenvalue weighted by Gasteiger charge is 2.44. The summed E-state index contributed by atoms with van der Waals surface area (Å²) in [6.07, 6.45) is -3.38. The zero-order chi connectivity index (χ0) is 25.7. The number of carbonyl (C=O) groups excluding carboxylic acids is 2. The number of alkyl halides is 3. The van der Waals surface area contributed by atoms with Crippen LogP contribution in [-0.2, 0) is 22.2 Å². The molecule has 3 aromatic carbocycles. The van der Waals surface area contributed by atoms with Crippen molar-refractivity contribution in [3.8, 4) is 0 Å². The highest BCUT2D eigenvalue weighted by Crippen LogP contribution is 2.34. The monoisotopic (exact) mass is 511 g/mol. The first-order valence-corrected chi connectivity index (χ1v) is 11.9. The van der Waals surface area contributed by atoms with Crippen LogP contribution in [0.5, 0.6) is 0 Å². The fourth-order valence-electron chi connectivity index (χ4n) is 4.15. The molecule has 0 radical (unpaired) electrons. The number of hydrogen-bond acceptors (Lipinski definition) is 3. The Labute approximate surface area is 212 Å². The largest absolute Gasteiger partial charge is 0.416 e. The van der Waals surface area contributed by atoms with Gasteiger partial charge >= 0.3 is 6.18 Å². The Hall–Kier alpha value is -3.72. The summed E-state index contributed by atoms with van der Waals surface area (Å²) in [5, 5.41) is 2.85. The van der Waals surface area contributed by atoms with Crippen molar-refractivity contribution < 1.29 is 22.8 Å². The molecular formula is C27H24F3N3O2S. The molecule has 3 aromatic rings.